The lowest BCUT2D eigenvalue weighted by Gasteiger charge is -2.36. The normalized spacial score (nSPS) is 28.4. The van der Waals surface area contributed by atoms with E-state index in [9.17, 15) is 10.1 Å². The van der Waals surface area contributed by atoms with Gasteiger partial charge in [0, 0.05) is 25.2 Å². The van der Waals surface area contributed by atoms with Crippen LogP contribution in [0.15, 0.2) is 18.2 Å². The summed E-state index contributed by atoms with van der Waals surface area (Å²) in [4.78, 5) is 12.9. The minimum absolute atomic E-state index is 0.0162. The second-order valence-corrected chi connectivity index (χ2v) is 6.15. The number of benzene rings is 1. The molecule has 2 aliphatic heterocycles. The molecule has 0 radical (unpaired) electrons. The molecule has 2 saturated heterocycles. The number of anilines is 1. The van der Waals surface area contributed by atoms with Crippen LogP contribution in [-0.4, -0.2) is 30.1 Å². The van der Waals surface area contributed by atoms with Crippen molar-refractivity contribution in [3.05, 3.63) is 33.3 Å². The third kappa shape index (κ3) is 2.36. The summed E-state index contributed by atoms with van der Waals surface area (Å²) in [6.07, 6.45) is 4.51. The van der Waals surface area contributed by atoms with Gasteiger partial charge in [-0.3, -0.25) is 10.1 Å². The molecule has 5 nitrogen and oxygen atoms in total. The Kier molecular flexibility index (Phi) is 3.56. The molecule has 0 spiro atoms. The van der Waals surface area contributed by atoms with Crippen molar-refractivity contribution in [2.45, 2.75) is 43.8 Å². The highest BCUT2D eigenvalue weighted by atomic mass is 35.5. The van der Waals surface area contributed by atoms with Crippen LogP contribution in [0.25, 0.3) is 0 Å². The van der Waals surface area contributed by atoms with Crippen molar-refractivity contribution in [1.82, 2.24) is 5.32 Å². The zero-order valence-electron chi connectivity index (χ0n) is 11.4. The first-order valence-corrected chi connectivity index (χ1v) is 7.36. The summed E-state index contributed by atoms with van der Waals surface area (Å²) < 4.78 is 0. The summed E-state index contributed by atoms with van der Waals surface area (Å²) in [7, 11) is 1.94. The third-order valence-electron chi connectivity index (χ3n) is 4.52. The first kappa shape index (κ1) is 13.6. The molecule has 2 unspecified atom stereocenters. The van der Waals surface area contributed by atoms with Crippen LogP contribution in [0.5, 0.6) is 0 Å². The Morgan fingerprint density at radius 2 is 2.00 bits per heavy atom. The lowest BCUT2D eigenvalue weighted by atomic mass is 9.98. The maximum absolute atomic E-state index is 11.3. The predicted octanol–water partition coefficient (Wildman–Crippen LogP) is 2.97. The Bertz CT molecular complexity index is 525. The Morgan fingerprint density at radius 1 is 1.35 bits per heavy atom. The van der Waals surface area contributed by atoms with Crippen LogP contribution in [0, 0.1) is 10.1 Å². The van der Waals surface area contributed by atoms with Crippen molar-refractivity contribution in [1.29, 1.82) is 0 Å². The average Bonchev–Trinajstić information content (AvgIpc) is 2.75. The lowest BCUT2D eigenvalue weighted by molar-refractivity contribution is -0.384. The summed E-state index contributed by atoms with van der Waals surface area (Å²) in [5.41, 5.74) is 0.636. The van der Waals surface area contributed by atoms with Gasteiger partial charge >= 0.3 is 5.69 Å². The molecule has 0 aliphatic carbocycles. The van der Waals surface area contributed by atoms with Crippen LogP contribution in [0.3, 0.4) is 0 Å². The fourth-order valence-corrected chi connectivity index (χ4v) is 3.75. The standard InChI is InChI=1S/C14H18ClN3O2/c1-17(11-7-9-5-6-10(8-11)16-9)13-4-2-3-12(15)14(13)18(19)20/h2-4,9-11,16H,5-8H2,1H3. The van der Waals surface area contributed by atoms with Crippen molar-refractivity contribution in [3.63, 3.8) is 0 Å². The van der Waals surface area contributed by atoms with Crippen molar-refractivity contribution >= 4 is 23.0 Å². The van der Waals surface area contributed by atoms with Gasteiger partial charge in [0.2, 0.25) is 0 Å². The Hall–Kier alpha value is -1.33. The summed E-state index contributed by atoms with van der Waals surface area (Å²) in [6.45, 7) is 0. The number of nitrogens with zero attached hydrogens (tertiary/aromatic N) is 2. The third-order valence-corrected chi connectivity index (χ3v) is 4.83. The zero-order chi connectivity index (χ0) is 14.3. The number of nitro groups is 1. The van der Waals surface area contributed by atoms with Gasteiger partial charge in [0.05, 0.1) is 4.92 Å². The maximum Gasteiger partial charge on any atom is 0.310 e. The Morgan fingerprint density at radius 3 is 2.60 bits per heavy atom. The van der Waals surface area contributed by atoms with Crippen molar-refractivity contribution in [3.8, 4) is 0 Å². The van der Waals surface area contributed by atoms with E-state index in [1.165, 1.54) is 12.8 Å². The zero-order valence-corrected chi connectivity index (χ0v) is 12.1. The van der Waals surface area contributed by atoms with Gasteiger partial charge in [-0.25, -0.2) is 0 Å². The van der Waals surface area contributed by atoms with E-state index in [0.717, 1.165) is 12.8 Å². The molecule has 0 aromatic heterocycles. The summed E-state index contributed by atoms with van der Waals surface area (Å²) in [6, 6.07) is 6.58. The van der Waals surface area contributed by atoms with Gasteiger partial charge in [0.15, 0.2) is 0 Å². The highest BCUT2D eigenvalue weighted by Gasteiger charge is 2.36. The number of nitro benzene ring substituents is 1. The van der Waals surface area contributed by atoms with Crippen molar-refractivity contribution in [2.24, 2.45) is 0 Å². The van der Waals surface area contributed by atoms with Gasteiger partial charge in [0.25, 0.3) is 0 Å². The largest absolute Gasteiger partial charge is 0.366 e. The molecule has 6 heteroatoms. The number of hydrogen-bond donors (Lipinski definition) is 1. The molecule has 0 amide bonds. The molecular formula is C14H18ClN3O2. The number of fused-ring (bicyclic) bond motifs is 2. The second-order valence-electron chi connectivity index (χ2n) is 5.74. The van der Waals surface area contributed by atoms with Crippen LogP contribution < -0.4 is 10.2 Å². The number of halogens is 1. The van der Waals surface area contributed by atoms with Crippen molar-refractivity contribution in [2.75, 3.05) is 11.9 Å². The van der Waals surface area contributed by atoms with E-state index in [2.05, 4.69) is 5.32 Å². The minimum Gasteiger partial charge on any atom is -0.366 e. The SMILES string of the molecule is CN(c1cccc(Cl)c1[N+](=O)[O-])C1CC2CCC(C1)N2. The molecule has 2 atom stereocenters. The maximum atomic E-state index is 11.3. The number of nitrogens with one attached hydrogen (secondary N) is 1. The summed E-state index contributed by atoms with van der Waals surface area (Å²) in [5, 5.41) is 15.0. The molecule has 3 rings (SSSR count). The minimum atomic E-state index is -0.385. The van der Waals surface area contributed by atoms with E-state index in [4.69, 9.17) is 11.6 Å². The van der Waals surface area contributed by atoms with Crippen LogP contribution in [-0.2, 0) is 0 Å². The average molecular weight is 296 g/mol. The number of hydrogen-bond acceptors (Lipinski definition) is 4. The Balaban J connectivity index is 1.89. The molecule has 2 aliphatic rings. The molecule has 2 fully saturated rings. The fraction of sp³-hybridized carbons (Fsp3) is 0.571. The van der Waals surface area contributed by atoms with Crippen LogP contribution in [0.2, 0.25) is 5.02 Å². The van der Waals surface area contributed by atoms with Gasteiger partial charge in [-0.05, 0) is 37.8 Å². The molecule has 20 heavy (non-hydrogen) atoms. The van der Waals surface area contributed by atoms with E-state index in [1.54, 1.807) is 18.2 Å². The van der Waals surface area contributed by atoms with Gasteiger partial charge in [-0.1, -0.05) is 17.7 Å². The van der Waals surface area contributed by atoms with Gasteiger partial charge in [-0.2, -0.15) is 0 Å². The first-order chi connectivity index (χ1) is 9.56. The van der Waals surface area contributed by atoms with E-state index in [1.807, 2.05) is 11.9 Å². The Labute approximate surface area is 123 Å². The van der Waals surface area contributed by atoms with Gasteiger partial charge < -0.3 is 10.2 Å². The molecule has 0 saturated carbocycles. The quantitative estimate of drug-likeness (QED) is 0.688. The summed E-state index contributed by atoms with van der Waals surface area (Å²) in [5.74, 6) is 0. The van der Waals surface area contributed by atoms with E-state index in [-0.39, 0.29) is 15.6 Å². The topological polar surface area (TPSA) is 58.4 Å². The molecule has 2 heterocycles. The van der Waals surface area contributed by atoms with E-state index >= 15 is 0 Å². The van der Waals surface area contributed by atoms with Gasteiger partial charge in [0.1, 0.15) is 10.7 Å². The van der Waals surface area contributed by atoms with Crippen LogP contribution in [0.1, 0.15) is 25.7 Å². The molecule has 1 aromatic carbocycles. The molecule has 1 aromatic rings. The van der Waals surface area contributed by atoms with Crippen molar-refractivity contribution < 1.29 is 4.92 Å². The smallest absolute Gasteiger partial charge is 0.310 e. The van der Waals surface area contributed by atoms with Crippen LogP contribution >= 0.6 is 11.6 Å². The number of para-hydroxylation sites is 1. The predicted molar refractivity (Wildman–Crippen MR) is 79.5 cm³/mol. The fourth-order valence-electron chi connectivity index (χ4n) is 3.51. The van der Waals surface area contributed by atoms with Gasteiger partial charge in [-0.15, -0.1) is 0 Å². The highest BCUT2D eigenvalue weighted by molar-refractivity contribution is 6.33. The molecule has 1 N–H and O–H groups in total. The molecular weight excluding hydrogens is 278 g/mol. The monoisotopic (exact) mass is 295 g/mol. The summed E-state index contributed by atoms with van der Waals surface area (Å²) >= 11 is 6.00. The van der Waals surface area contributed by atoms with E-state index < -0.39 is 0 Å². The molecule has 2 bridgehead atoms. The van der Waals surface area contributed by atoms with Crippen LogP contribution in [0.4, 0.5) is 11.4 Å². The number of rotatable bonds is 3. The highest BCUT2D eigenvalue weighted by Crippen LogP contribution is 2.38. The lowest BCUT2D eigenvalue weighted by Crippen LogP contribution is -2.47. The molecule has 108 valence electrons. The first-order valence-electron chi connectivity index (χ1n) is 6.98. The second kappa shape index (κ2) is 5.22. The number of piperidine rings is 1. The van der Waals surface area contributed by atoms with E-state index in [0.29, 0.717) is 23.8 Å².